The molecule has 0 N–H and O–H groups in total. The fourth-order valence-corrected chi connectivity index (χ4v) is 3.16. The van der Waals surface area contributed by atoms with Gasteiger partial charge in [0.05, 0.1) is 12.7 Å². The summed E-state index contributed by atoms with van der Waals surface area (Å²) in [6.07, 6.45) is 1.46. The third-order valence-electron chi connectivity index (χ3n) is 4.22. The van der Waals surface area contributed by atoms with Crippen LogP contribution < -0.4 is 0 Å². The average molecular weight is 360 g/mol. The first-order chi connectivity index (χ1) is 12.4. The Morgan fingerprint density at radius 3 is 2.77 bits per heavy atom. The highest BCUT2D eigenvalue weighted by atomic mass is 16.6. The number of rotatable bonds is 6. The van der Waals surface area contributed by atoms with Gasteiger partial charge in [0.1, 0.15) is 5.60 Å². The second-order valence-electron chi connectivity index (χ2n) is 7.49. The number of azide groups is 1. The van der Waals surface area contributed by atoms with E-state index < -0.39 is 5.60 Å². The van der Waals surface area contributed by atoms with Crippen molar-refractivity contribution in [1.29, 1.82) is 0 Å². The summed E-state index contributed by atoms with van der Waals surface area (Å²) < 4.78 is 11.6. The molecule has 1 heterocycles. The van der Waals surface area contributed by atoms with Gasteiger partial charge in [-0.2, -0.15) is 0 Å². The smallest absolute Gasteiger partial charge is 0.410 e. The molecule has 26 heavy (non-hydrogen) atoms. The minimum absolute atomic E-state index is 0.143. The fourth-order valence-electron chi connectivity index (χ4n) is 3.16. The van der Waals surface area contributed by atoms with Crippen molar-refractivity contribution < 1.29 is 14.3 Å². The van der Waals surface area contributed by atoms with Gasteiger partial charge in [-0.25, -0.2) is 4.79 Å². The lowest BCUT2D eigenvalue weighted by molar-refractivity contribution is -0.0233. The van der Waals surface area contributed by atoms with Crippen LogP contribution in [0.5, 0.6) is 0 Å². The van der Waals surface area contributed by atoms with E-state index in [4.69, 9.17) is 15.0 Å². The van der Waals surface area contributed by atoms with Crippen LogP contribution in [0, 0.1) is 5.92 Å². The summed E-state index contributed by atoms with van der Waals surface area (Å²) in [5, 5.41) is 3.54. The van der Waals surface area contributed by atoms with Gasteiger partial charge in [-0.05, 0) is 44.7 Å². The number of benzene rings is 1. The van der Waals surface area contributed by atoms with Crippen molar-refractivity contribution >= 4 is 6.09 Å². The zero-order valence-corrected chi connectivity index (χ0v) is 15.8. The van der Waals surface area contributed by atoms with E-state index in [0.717, 1.165) is 18.4 Å². The van der Waals surface area contributed by atoms with Crippen molar-refractivity contribution in [1.82, 2.24) is 4.90 Å². The molecule has 2 atom stereocenters. The van der Waals surface area contributed by atoms with E-state index in [0.29, 0.717) is 26.2 Å². The Balaban J connectivity index is 2.08. The van der Waals surface area contributed by atoms with Crippen molar-refractivity contribution in [2.45, 2.75) is 45.3 Å². The molecule has 1 aromatic carbocycles. The predicted molar refractivity (Wildman–Crippen MR) is 99.7 cm³/mol. The van der Waals surface area contributed by atoms with Crippen molar-refractivity contribution in [3.63, 3.8) is 0 Å². The molecule has 7 nitrogen and oxygen atoms in total. The second-order valence-corrected chi connectivity index (χ2v) is 7.49. The van der Waals surface area contributed by atoms with E-state index in [-0.39, 0.29) is 18.1 Å². The highest BCUT2D eigenvalue weighted by molar-refractivity contribution is 5.68. The molecule has 1 aliphatic heterocycles. The fraction of sp³-hybridized carbons (Fsp3) is 0.632. The Bertz CT molecular complexity index is 623. The van der Waals surface area contributed by atoms with Crippen LogP contribution in [0.2, 0.25) is 0 Å². The molecule has 0 aromatic heterocycles. The first kappa shape index (κ1) is 20.1. The van der Waals surface area contributed by atoms with Gasteiger partial charge in [0.2, 0.25) is 0 Å². The summed E-state index contributed by atoms with van der Waals surface area (Å²) >= 11 is 0. The maximum Gasteiger partial charge on any atom is 0.410 e. The first-order valence-corrected chi connectivity index (χ1v) is 9.06. The van der Waals surface area contributed by atoms with E-state index in [1.807, 2.05) is 51.1 Å². The van der Waals surface area contributed by atoms with Crippen molar-refractivity contribution in [3.05, 3.63) is 46.3 Å². The molecule has 2 rings (SSSR count). The third-order valence-corrected chi connectivity index (χ3v) is 4.22. The van der Waals surface area contributed by atoms with Crippen LogP contribution in [-0.2, 0) is 9.47 Å². The van der Waals surface area contributed by atoms with Gasteiger partial charge in [0, 0.05) is 30.5 Å². The Morgan fingerprint density at radius 2 is 2.12 bits per heavy atom. The molecule has 2 unspecified atom stereocenters. The number of hydrogen-bond donors (Lipinski definition) is 0. The van der Waals surface area contributed by atoms with E-state index in [1.165, 1.54) is 0 Å². The van der Waals surface area contributed by atoms with Crippen LogP contribution in [-0.4, -0.2) is 42.8 Å². The molecule has 142 valence electrons. The summed E-state index contributed by atoms with van der Waals surface area (Å²) in [6, 6.07) is 9.99. The van der Waals surface area contributed by atoms with Crippen molar-refractivity contribution in [2.75, 3.05) is 26.2 Å². The molecule has 1 aliphatic rings. The topological polar surface area (TPSA) is 87.5 Å². The Hall–Kier alpha value is -2.24. The summed E-state index contributed by atoms with van der Waals surface area (Å²) in [4.78, 5) is 17.0. The molecule has 0 saturated carbocycles. The number of hydrogen-bond acceptors (Lipinski definition) is 4. The molecule has 1 fully saturated rings. The highest BCUT2D eigenvalue weighted by Crippen LogP contribution is 2.33. The largest absolute Gasteiger partial charge is 0.444 e. The molecule has 1 saturated heterocycles. The zero-order valence-electron chi connectivity index (χ0n) is 15.8. The van der Waals surface area contributed by atoms with Crippen LogP contribution in [0.25, 0.3) is 10.4 Å². The number of carbonyl (C=O) groups excluding carboxylic acids is 1. The summed E-state index contributed by atoms with van der Waals surface area (Å²) in [7, 11) is 0. The van der Waals surface area contributed by atoms with Gasteiger partial charge < -0.3 is 14.4 Å². The van der Waals surface area contributed by atoms with Gasteiger partial charge in [-0.15, -0.1) is 0 Å². The lowest BCUT2D eigenvalue weighted by Gasteiger charge is -2.37. The normalized spacial score (nSPS) is 18.7. The Morgan fingerprint density at radius 1 is 1.38 bits per heavy atom. The monoisotopic (exact) mass is 360 g/mol. The summed E-state index contributed by atoms with van der Waals surface area (Å²) in [6.45, 7) is 7.56. The number of amides is 1. The quantitative estimate of drug-likeness (QED) is 0.319. The minimum Gasteiger partial charge on any atom is -0.444 e. The predicted octanol–water partition coefficient (Wildman–Crippen LogP) is 4.70. The summed E-state index contributed by atoms with van der Waals surface area (Å²) in [5.41, 5.74) is 9.00. The van der Waals surface area contributed by atoms with Crippen LogP contribution in [0.4, 0.5) is 4.79 Å². The van der Waals surface area contributed by atoms with Gasteiger partial charge in [0.25, 0.3) is 0 Å². The van der Waals surface area contributed by atoms with E-state index in [9.17, 15) is 4.79 Å². The van der Waals surface area contributed by atoms with Gasteiger partial charge >= 0.3 is 6.09 Å². The first-order valence-electron chi connectivity index (χ1n) is 9.06. The second kappa shape index (κ2) is 9.46. The lowest BCUT2D eigenvalue weighted by atomic mass is 9.88. The molecule has 1 amide bonds. The number of likely N-dealkylation sites (tertiary alicyclic amines) is 1. The molecular formula is C19H28N4O3. The molecular weight excluding hydrogens is 332 g/mol. The van der Waals surface area contributed by atoms with Gasteiger partial charge in [-0.1, -0.05) is 35.4 Å². The van der Waals surface area contributed by atoms with Crippen LogP contribution in [0.3, 0.4) is 0 Å². The minimum atomic E-state index is -0.505. The van der Waals surface area contributed by atoms with Crippen molar-refractivity contribution in [2.24, 2.45) is 11.0 Å². The van der Waals surface area contributed by atoms with Gasteiger partial charge in [-0.3, -0.25) is 0 Å². The van der Waals surface area contributed by atoms with Crippen molar-refractivity contribution in [3.8, 4) is 0 Å². The highest BCUT2D eigenvalue weighted by Gasteiger charge is 2.32. The number of ether oxygens (including phenoxy) is 2. The van der Waals surface area contributed by atoms with E-state index >= 15 is 0 Å². The Kier molecular flexibility index (Phi) is 7.30. The maximum absolute atomic E-state index is 12.4. The van der Waals surface area contributed by atoms with Crippen LogP contribution in [0.1, 0.15) is 45.3 Å². The number of piperidine rings is 1. The SMILES string of the molecule is CC(C)(C)OC(=O)N1CCCC(C(OCCN=[N+]=[N-])c2ccccc2)C1. The van der Waals surface area contributed by atoms with E-state index in [2.05, 4.69) is 10.0 Å². The zero-order chi connectivity index (χ0) is 19.0. The van der Waals surface area contributed by atoms with Gasteiger partial charge in [0.15, 0.2) is 0 Å². The molecule has 1 aromatic rings. The molecule has 0 bridgehead atoms. The maximum atomic E-state index is 12.4. The molecule has 7 heteroatoms. The number of nitrogens with zero attached hydrogens (tertiary/aromatic N) is 4. The van der Waals surface area contributed by atoms with Crippen LogP contribution >= 0.6 is 0 Å². The molecule has 0 spiro atoms. The Labute approximate surface area is 154 Å². The molecule has 0 aliphatic carbocycles. The van der Waals surface area contributed by atoms with E-state index in [1.54, 1.807) is 4.90 Å². The van der Waals surface area contributed by atoms with Crippen LogP contribution in [0.15, 0.2) is 35.4 Å². The average Bonchev–Trinajstić information content (AvgIpc) is 2.61. The summed E-state index contributed by atoms with van der Waals surface area (Å²) in [5.74, 6) is 0.171. The molecule has 0 radical (unpaired) electrons. The third kappa shape index (κ3) is 6.24. The number of carbonyl (C=O) groups is 1. The standard InChI is InChI=1S/C19H28N4O3/c1-19(2,3)26-18(24)23-12-7-10-16(14-23)17(25-13-11-21-22-20)15-8-5-4-6-9-15/h4-6,8-9,16-17H,7,10-14H2,1-3H3. The lowest BCUT2D eigenvalue weighted by Crippen LogP contribution is -2.44.